The summed E-state index contributed by atoms with van der Waals surface area (Å²) in [5.74, 6) is -1.22. The second-order valence-corrected chi connectivity index (χ2v) is 8.82. The number of hydrogen-bond donors (Lipinski definition) is 1. The summed E-state index contributed by atoms with van der Waals surface area (Å²) in [5, 5.41) is 2.51. The van der Waals surface area contributed by atoms with Crippen LogP contribution in [0.1, 0.15) is 17.3 Å². The lowest BCUT2D eigenvalue weighted by atomic mass is 10.2. The van der Waals surface area contributed by atoms with Crippen LogP contribution in [0.3, 0.4) is 0 Å². The predicted octanol–water partition coefficient (Wildman–Crippen LogP) is 2.55. The summed E-state index contributed by atoms with van der Waals surface area (Å²) in [6.45, 7) is 2.54. The highest BCUT2D eigenvalue weighted by Crippen LogP contribution is 2.30. The van der Waals surface area contributed by atoms with E-state index in [-0.39, 0.29) is 54.7 Å². The normalized spacial score (nSPS) is 14.7. The lowest BCUT2D eigenvalue weighted by molar-refractivity contribution is 0.0933. The molecule has 1 N–H and O–H groups in total. The number of rotatable bonds is 6. The van der Waals surface area contributed by atoms with Gasteiger partial charge in [0.25, 0.3) is 5.91 Å². The van der Waals surface area contributed by atoms with Gasteiger partial charge < -0.3 is 19.7 Å². The number of piperazine rings is 1. The average molecular weight is 466 g/mol. The van der Waals surface area contributed by atoms with Gasteiger partial charge in [-0.3, -0.25) is 4.79 Å². The molecule has 2 aromatic rings. The van der Waals surface area contributed by atoms with E-state index < -0.39 is 27.8 Å². The fourth-order valence-corrected chi connectivity index (χ4v) is 4.70. The third-order valence-corrected chi connectivity index (χ3v) is 6.83. The zero-order chi connectivity index (χ0) is 23.3. The largest absolute Gasteiger partial charge is 0.495 e. The molecule has 172 valence electrons. The molecule has 0 unspecified atom stereocenters. The van der Waals surface area contributed by atoms with Crippen molar-refractivity contribution in [1.82, 2.24) is 9.21 Å². The van der Waals surface area contributed by atoms with E-state index in [0.717, 1.165) is 6.07 Å². The van der Waals surface area contributed by atoms with Crippen LogP contribution in [-0.2, 0) is 14.8 Å². The summed E-state index contributed by atoms with van der Waals surface area (Å²) in [7, 11) is -2.53. The summed E-state index contributed by atoms with van der Waals surface area (Å²) in [6, 6.07) is 9.51. The van der Waals surface area contributed by atoms with Gasteiger partial charge in [-0.05, 0) is 37.3 Å². The quantitative estimate of drug-likeness (QED) is 0.703. The van der Waals surface area contributed by atoms with Gasteiger partial charge in [-0.15, -0.1) is 0 Å². The molecule has 0 saturated carbocycles. The van der Waals surface area contributed by atoms with Crippen molar-refractivity contribution in [3.8, 4) is 5.75 Å². The predicted molar refractivity (Wildman–Crippen MR) is 115 cm³/mol. The first kappa shape index (κ1) is 23.5. The fraction of sp³-hybridized carbons (Fsp3) is 0.333. The van der Waals surface area contributed by atoms with Crippen LogP contribution in [-0.4, -0.2) is 69.5 Å². The third-order valence-electron chi connectivity index (χ3n) is 4.94. The maximum absolute atomic E-state index is 13.9. The van der Waals surface area contributed by atoms with Gasteiger partial charge >= 0.3 is 6.09 Å². The molecule has 0 spiro atoms. The Morgan fingerprint density at radius 1 is 1.09 bits per heavy atom. The maximum Gasteiger partial charge on any atom is 0.409 e. The third kappa shape index (κ3) is 5.00. The van der Waals surface area contributed by atoms with Crippen LogP contribution in [0.5, 0.6) is 5.75 Å². The van der Waals surface area contributed by atoms with Gasteiger partial charge in [-0.1, -0.05) is 12.1 Å². The van der Waals surface area contributed by atoms with Crippen molar-refractivity contribution in [2.24, 2.45) is 0 Å². The van der Waals surface area contributed by atoms with E-state index in [1.165, 1.54) is 52.7 Å². The van der Waals surface area contributed by atoms with Gasteiger partial charge in [0, 0.05) is 26.2 Å². The molecule has 11 heteroatoms. The van der Waals surface area contributed by atoms with Crippen molar-refractivity contribution in [2.75, 3.05) is 45.2 Å². The van der Waals surface area contributed by atoms with Gasteiger partial charge in [-0.2, -0.15) is 4.31 Å². The number of benzene rings is 2. The number of nitrogens with one attached hydrogen (secondary N) is 1. The average Bonchev–Trinajstić information content (AvgIpc) is 2.79. The lowest BCUT2D eigenvalue weighted by Gasteiger charge is -2.33. The Balaban J connectivity index is 1.80. The summed E-state index contributed by atoms with van der Waals surface area (Å²) in [6.07, 6.45) is -0.480. The molecule has 3 rings (SSSR count). The zero-order valence-corrected chi connectivity index (χ0v) is 18.5. The number of amides is 2. The van der Waals surface area contributed by atoms with E-state index in [4.69, 9.17) is 9.47 Å². The van der Waals surface area contributed by atoms with Crippen molar-refractivity contribution in [3.05, 3.63) is 53.8 Å². The molecular weight excluding hydrogens is 441 g/mol. The highest BCUT2D eigenvalue weighted by atomic mass is 32.2. The Kier molecular flexibility index (Phi) is 7.31. The van der Waals surface area contributed by atoms with Crippen molar-refractivity contribution in [3.63, 3.8) is 0 Å². The van der Waals surface area contributed by atoms with E-state index in [1.54, 1.807) is 6.92 Å². The van der Waals surface area contributed by atoms with E-state index in [9.17, 15) is 22.4 Å². The molecule has 0 radical (unpaired) electrons. The number of halogens is 1. The van der Waals surface area contributed by atoms with Crippen LogP contribution in [0.4, 0.5) is 14.9 Å². The minimum atomic E-state index is -3.91. The van der Waals surface area contributed by atoms with E-state index >= 15 is 0 Å². The first-order valence-electron chi connectivity index (χ1n) is 9.93. The minimum Gasteiger partial charge on any atom is -0.495 e. The van der Waals surface area contributed by atoms with Gasteiger partial charge in [0.1, 0.15) is 11.6 Å². The number of carbonyl (C=O) groups is 2. The molecule has 0 bridgehead atoms. The number of hydrogen-bond acceptors (Lipinski definition) is 6. The van der Waals surface area contributed by atoms with Crippen molar-refractivity contribution in [1.29, 1.82) is 0 Å². The van der Waals surface area contributed by atoms with Crippen molar-refractivity contribution < 1.29 is 31.9 Å². The van der Waals surface area contributed by atoms with Crippen LogP contribution in [0.25, 0.3) is 0 Å². The molecule has 1 heterocycles. The number of nitrogens with zero attached hydrogens (tertiary/aromatic N) is 2. The second-order valence-electron chi connectivity index (χ2n) is 6.89. The SMILES string of the molecule is CCOC(=O)N1CCN(S(=O)(=O)c2ccc(OC)c(NC(=O)c3ccccc3F)c2)CC1. The standard InChI is InChI=1S/C21H24FN3O6S/c1-3-31-21(27)24-10-12-25(13-11-24)32(28,29)15-8-9-19(30-2)18(14-15)23-20(26)16-6-4-5-7-17(16)22/h4-9,14H,3,10-13H2,1-2H3,(H,23,26). The summed E-state index contributed by atoms with van der Waals surface area (Å²) in [5.41, 5.74) is -0.0927. The van der Waals surface area contributed by atoms with Gasteiger partial charge in [-0.25, -0.2) is 17.6 Å². The van der Waals surface area contributed by atoms with Gasteiger partial charge in [0.05, 0.1) is 29.9 Å². The Morgan fingerprint density at radius 2 is 1.78 bits per heavy atom. The molecular formula is C21H24FN3O6S. The molecule has 1 saturated heterocycles. The Hall–Kier alpha value is -3.18. The summed E-state index contributed by atoms with van der Waals surface area (Å²) >= 11 is 0. The molecule has 2 aromatic carbocycles. The smallest absolute Gasteiger partial charge is 0.409 e. The molecule has 32 heavy (non-hydrogen) atoms. The molecule has 0 aromatic heterocycles. The molecule has 1 aliphatic rings. The highest BCUT2D eigenvalue weighted by Gasteiger charge is 2.31. The maximum atomic E-state index is 13.9. The van der Waals surface area contributed by atoms with Crippen molar-refractivity contribution in [2.45, 2.75) is 11.8 Å². The van der Waals surface area contributed by atoms with E-state index in [0.29, 0.717) is 0 Å². The first-order valence-corrected chi connectivity index (χ1v) is 11.4. The topological polar surface area (TPSA) is 105 Å². The molecule has 1 aliphatic heterocycles. The second kappa shape index (κ2) is 9.96. The van der Waals surface area contributed by atoms with Crippen molar-refractivity contribution >= 4 is 27.7 Å². The molecule has 1 fully saturated rings. The lowest BCUT2D eigenvalue weighted by Crippen LogP contribution is -2.50. The van der Waals surface area contributed by atoms with Gasteiger partial charge in [0.2, 0.25) is 10.0 Å². The molecule has 9 nitrogen and oxygen atoms in total. The van der Waals surface area contributed by atoms with Crippen LogP contribution in [0.2, 0.25) is 0 Å². The van der Waals surface area contributed by atoms with Crippen LogP contribution in [0, 0.1) is 5.82 Å². The minimum absolute atomic E-state index is 0.0632. The van der Waals surface area contributed by atoms with E-state index in [1.807, 2.05) is 0 Å². The number of sulfonamides is 1. The number of carbonyl (C=O) groups excluding carboxylic acids is 2. The van der Waals surface area contributed by atoms with Gasteiger partial charge in [0.15, 0.2) is 0 Å². The number of ether oxygens (including phenoxy) is 2. The monoisotopic (exact) mass is 465 g/mol. The Morgan fingerprint density at radius 3 is 2.41 bits per heavy atom. The van der Waals surface area contributed by atoms with E-state index in [2.05, 4.69) is 5.32 Å². The fourth-order valence-electron chi connectivity index (χ4n) is 3.26. The van der Waals surface area contributed by atoms with Crippen LogP contribution < -0.4 is 10.1 Å². The summed E-state index contributed by atoms with van der Waals surface area (Å²) < 4.78 is 51.6. The number of methoxy groups -OCH3 is 1. The first-order chi connectivity index (χ1) is 15.3. The molecule has 0 atom stereocenters. The Bertz CT molecular complexity index is 1100. The van der Waals surface area contributed by atoms with Crippen LogP contribution in [0.15, 0.2) is 47.4 Å². The molecule has 2 amide bonds. The van der Waals surface area contributed by atoms with Crippen LogP contribution >= 0.6 is 0 Å². The summed E-state index contributed by atoms with van der Waals surface area (Å²) in [4.78, 5) is 25.7. The Labute approximate surface area is 185 Å². The zero-order valence-electron chi connectivity index (χ0n) is 17.7. The number of anilines is 1. The molecule has 0 aliphatic carbocycles. The highest BCUT2D eigenvalue weighted by molar-refractivity contribution is 7.89.